The van der Waals surface area contributed by atoms with E-state index in [1.807, 2.05) is 6.92 Å². The van der Waals surface area contributed by atoms with Crippen LogP contribution in [0.5, 0.6) is 0 Å². The molecule has 1 heterocycles. The number of hydrogen-bond donors (Lipinski definition) is 1. The zero-order valence-electron chi connectivity index (χ0n) is 11.0. The lowest BCUT2D eigenvalue weighted by molar-refractivity contribution is 0.424. The third-order valence-corrected chi connectivity index (χ3v) is 2.49. The number of aryl methyl sites for hydroxylation is 2. The lowest BCUT2D eigenvalue weighted by Gasteiger charge is -2.12. The van der Waals surface area contributed by atoms with Crippen molar-refractivity contribution in [2.45, 2.75) is 33.2 Å². The minimum Gasteiger partial charge on any atom is -0.354 e. The molecule has 1 aromatic heterocycles. The van der Waals surface area contributed by atoms with Crippen molar-refractivity contribution < 1.29 is 0 Å². The molecule has 0 fully saturated rings. The van der Waals surface area contributed by atoms with Gasteiger partial charge in [0.15, 0.2) is 0 Å². The Kier molecular flexibility index (Phi) is 5.32. The highest BCUT2D eigenvalue weighted by atomic mass is 15.2. The van der Waals surface area contributed by atoms with Crippen LogP contribution in [0.15, 0.2) is 6.20 Å². The third kappa shape index (κ3) is 4.23. The van der Waals surface area contributed by atoms with Crippen molar-refractivity contribution >= 4 is 5.95 Å². The monoisotopic (exact) mass is 224 g/mol. The van der Waals surface area contributed by atoms with Crippen molar-refractivity contribution in [2.24, 2.45) is 0 Å². The van der Waals surface area contributed by atoms with Crippen molar-refractivity contribution in [3.05, 3.63) is 11.9 Å². The van der Waals surface area contributed by atoms with E-state index in [4.69, 9.17) is 0 Å². The van der Waals surface area contributed by atoms with Crippen LogP contribution in [-0.2, 0) is 6.54 Å². The molecule has 92 valence electrons. The minimum atomic E-state index is 0.940. The van der Waals surface area contributed by atoms with Gasteiger partial charge in [-0.15, -0.1) is 0 Å². The molecule has 1 rings (SSSR count). The van der Waals surface area contributed by atoms with E-state index in [9.17, 15) is 0 Å². The van der Waals surface area contributed by atoms with Crippen LogP contribution >= 0.6 is 0 Å². The summed E-state index contributed by atoms with van der Waals surface area (Å²) in [7, 11) is 4.16. The maximum Gasteiger partial charge on any atom is 0.203 e. The normalized spacial score (nSPS) is 11.1. The summed E-state index contributed by atoms with van der Waals surface area (Å²) in [4.78, 5) is 6.66. The predicted octanol–water partition coefficient (Wildman–Crippen LogP) is 1.97. The van der Waals surface area contributed by atoms with Crippen LogP contribution in [0.25, 0.3) is 0 Å². The molecule has 1 N–H and O–H groups in total. The van der Waals surface area contributed by atoms with Gasteiger partial charge in [0.2, 0.25) is 5.95 Å². The quantitative estimate of drug-likeness (QED) is 0.768. The van der Waals surface area contributed by atoms with Gasteiger partial charge in [0.05, 0.1) is 5.69 Å². The van der Waals surface area contributed by atoms with Gasteiger partial charge < -0.3 is 14.8 Å². The second kappa shape index (κ2) is 6.53. The Balaban J connectivity index is 2.49. The van der Waals surface area contributed by atoms with Gasteiger partial charge in [0.25, 0.3) is 0 Å². The molecule has 0 aromatic carbocycles. The molecule has 0 radical (unpaired) electrons. The summed E-state index contributed by atoms with van der Waals surface area (Å²) in [6, 6.07) is 0. The van der Waals surface area contributed by atoms with Gasteiger partial charge >= 0.3 is 0 Å². The fourth-order valence-corrected chi connectivity index (χ4v) is 1.58. The Labute approximate surface area is 98.7 Å². The van der Waals surface area contributed by atoms with Gasteiger partial charge in [-0.05, 0) is 27.4 Å². The van der Waals surface area contributed by atoms with Gasteiger partial charge in [0, 0.05) is 25.8 Å². The van der Waals surface area contributed by atoms with E-state index in [1.54, 1.807) is 0 Å². The van der Waals surface area contributed by atoms with Gasteiger partial charge in [0.1, 0.15) is 0 Å². The number of nitrogens with zero attached hydrogens (tertiary/aromatic N) is 3. The fourth-order valence-electron chi connectivity index (χ4n) is 1.58. The topological polar surface area (TPSA) is 33.1 Å². The molecule has 4 heteroatoms. The standard InChI is InChI=1S/C12H24N4/c1-5-6-8-16-10-11(2)14-12(16)13-7-9-15(3)4/h10H,5-9H2,1-4H3,(H,13,14). The first-order valence-corrected chi connectivity index (χ1v) is 6.06. The Bertz CT molecular complexity index is 304. The molecule has 0 amide bonds. The zero-order valence-corrected chi connectivity index (χ0v) is 11.0. The minimum absolute atomic E-state index is 0.940. The highest BCUT2D eigenvalue weighted by Crippen LogP contribution is 2.09. The zero-order chi connectivity index (χ0) is 12.0. The molecular formula is C12H24N4. The van der Waals surface area contributed by atoms with Crippen LogP contribution in [0, 0.1) is 6.92 Å². The summed E-state index contributed by atoms with van der Waals surface area (Å²) >= 11 is 0. The van der Waals surface area contributed by atoms with E-state index in [2.05, 4.69) is 47.0 Å². The van der Waals surface area contributed by atoms with Crippen molar-refractivity contribution in [1.82, 2.24) is 14.5 Å². The second-order valence-electron chi connectivity index (χ2n) is 4.48. The number of anilines is 1. The largest absolute Gasteiger partial charge is 0.354 e. The van der Waals surface area contributed by atoms with E-state index in [-0.39, 0.29) is 0 Å². The van der Waals surface area contributed by atoms with Gasteiger partial charge in [-0.25, -0.2) is 4.98 Å². The molecule has 16 heavy (non-hydrogen) atoms. The number of likely N-dealkylation sites (N-methyl/N-ethyl adjacent to an activating group) is 1. The maximum atomic E-state index is 4.49. The molecule has 0 bridgehead atoms. The molecule has 0 saturated heterocycles. The number of hydrogen-bond acceptors (Lipinski definition) is 3. The number of imidazole rings is 1. The van der Waals surface area contributed by atoms with Crippen molar-refractivity contribution in [1.29, 1.82) is 0 Å². The smallest absolute Gasteiger partial charge is 0.203 e. The molecule has 4 nitrogen and oxygen atoms in total. The molecule has 1 aromatic rings. The highest BCUT2D eigenvalue weighted by Gasteiger charge is 2.04. The van der Waals surface area contributed by atoms with Crippen molar-refractivity contribution in [3.8, 4) is 0 Å². The lowest BCUT2D eigenvalue weighted by atomic mass is 10.3. The summed E-state index contributed by atoms with van der Waals surface area (Å²) in [6.45, 7) is 7.28. The first kappa shape index (κ1) is 13.0. The third-order valence-electron chi connectivity index (χ3n) is 2.49. The molecule has 0 unspecified atom stereocenters. The van der Waals surface area contributed by atoms with Gasteiger partial charge in [-0.1, -0.05) is 13.3 Å². The first-order chi connectivity index (χ1) is 7.63. The summed E-state index contributed by atoms with van der Waals surface area (Å²) in [5, 5.41) is 3.38. The Morgan fingerprint density at radius 1 is 1.44 bits per heavy atom. The molecule has 0 spiro atoms. The Morgan fingerprint density at radius 3 is 2.81 bits per heavy atom. The maximum absolute atomic E-state index is 4.49. The molecule has 0 saturated carbocycles. The summed E-state index contributed by atoms with van der Waals surface area (Å²) in [5.74, 6) is 1.01. The van der Waals surface area contributed by atoms with E-state index in [0.29, 0.717) is 0 Å². The molecule has 0 atom stereocenters. The molecule has 0 aliphatic rings. The number of nitrogens with one attached hydrogen (secondary N) is 1. The van der Waals surface area contributed by atoms with Gasteiger partial charge in [-0.2, -0.15) is 0 Å². The van der Waals surface area contributed by atoms with Crippen LogP contribution in [-0.4, -0.2) is 41.6 Å². The van der Waals surface area contributed by atoms with Crippen LogP contribution in [0.4, 0.5) is 5.95 Å². The SMILES string of the molecule is CCCCn1cc(C)nc1NCCN(C)C. The van der Waals surface area contributed by atoms with Crippen LogP contribution in [0.3, 0.4) is 0 Å². The van der Waals surface area contributed by atoms with E-state index in [0.717, 1.165) is 31.3 Å². The fraction of sp³-hybridized carbons (Fsp3) is 0.750. The van der Waals surface area contributed by atoms with E-state index >= 15 is 0 Å². The van der Waals surface area contributed by atoms with Crippen molar-refractivity contribution in [2.75, 3.05) is 32.5 Å². The Morgan fingerprint density at radius 2 is 2.19 bits per heavy atom. The summed E-state index contributed by atoms with van der Waals surface area (Å²) in [5.41, 5.74) is 1.09. The average molecular weight is 224 g/mol. The number of aromatic nitrogens is 2. The van der Waals surface area contributed by atoms with Crippen molar-refractivity contribution in [3.63, 3.8) is 0 Å². The average Bonchev–Trinajstić information content (AvgIpc) is 2.55. The van der Waals surface area contributed by atoms with Gasteiger partial charge in [-0.3, -0.25) is 0 Å². The first-order valence-electron chi connectivity index (χ1n) is 6.06. The molecule has 0 aliphatic carbocycles. The van der Waals surface area contributed by atoms with E-state index in [1.165, 1.54) is 12.8 Å². The second-order valence-corrected chi connectivity index (χ2v) is 4.48. The summed E-state index contributed by atoms with van der Waals surface area (Å²) in [6.07, 6.45) is 4.54. The van der Waals surface area contributed by atoms with E-state index < -0.39 is 0 Å². The summed E-state index contributed by atoms with van der Waals surface area (Å²) < 4.78 is 2.22. The van der Waals surface area contributed by atoms with Crippen LogP contribution in [0.1, 0.15) is 25.5 Å². The Hall–Kier alpha value is -1.03. The molecular weight excluding hydrogens is 200 g/mol. The number of unbranched alkanes of at least 4 members (excludes halogenated alkanes) is 1. The number of rotatable bonds is 7. The molecule has 0 aliphatic heterocycles. The predicted molar refractivity (Wildman–Crippen MR) is 68.9 cm³/mol. The lowest BCUT2D eigenvalue weighted by Crippen LogP contribution is -2.22. The van der Waals surface area contributed by atoms with Crippen LogP contribution < -0.4 is 5.32 Å². The van der Waals surface area contributed by atoms with Crippen LogP contribution in [0.2, 0.25) is 0 Å². The highest BCUT2D eigenvalue weighted by molar-refractivity contribution is 5.28.